The van der Waals surface area contributed by atoms with Gasteiger partial charge in [-0.05, 0) is 30.5 Å². The Kier molecular flexibility index (Phi) is 6.56. The van der Waals surface area contributed by atoms with Crippen LogP contribution in [0.2, 0.25) is 0 Å². The van der Waals surface area contributed by atoms with Gasteiger partial charge in [0.05, 0.1) is 8.22 Å². The third-order valence-corrected chi connectivity index (χ3v) is 10.5. The monoisotopic (exact) mass is 329 g/mol. The minimum Gasteiger partial charge on any atom is -0.247 e. The molecule has 0 bridgehead atoms. The van der Waals surface area contributed by atoms with Crippen LogP contribution in [0.1, 0.15) is 6.92 Å². The van der Waals surface area contributed by atoms with E-state index in [1.54, 1.807) is 6.92 Å². The van der Waals surface area contributed by atoms with Gasteiger partial charge in [-0.25, -0.2) is 4.86 Å². The largest absolute Gasteiger partial charge is 0.247 e. The highest BCUT2D eigenvalue weighted by Gasteiger charge is 2.37. The Labute approximate surface area is 107 Å². The molecule has 0 aromatic heterocycles. The zero-order chi connectivity index (χ0) is 10.7. The van der Waals surface area contributed by atoms with E-state index in [0.717, 1.165) is 0 Å². The van der Waals surface area contributed by atoms with Crippen LogP contribution in [0.25, 0.3) is 0 Å². The lowest BCUT2D eigenvalue weighted by atomic mass is 10.7. The molecular weight excluding hydrogens is 325 g/mol. The van der Waals surface area contributed by atoms with Crippen molar-refractivity contribution in [3.8, 4) is 11.8 Å². The maximum absolute atomic E-state index is 6.03. The van der Waals surface area contributed by atoms with E-state index >= 15 is 0 Å². The molecule has 0 aliphatic carbocycles. The van der Waals surface area contributed by atoms with Gasteiger partial charge in [-0.3, -0.25) is 0 Å². The van der Waals surface area contributed by atoms with Crippen molar-refractivity contribution in [2.45, 2.75) is 12.0 Å². The summed E-state index contributed by atoms with van der Waals surface area (Å²) in [6, 6.07) is 0. The first kappa shape index (κ1) is 14.0. The number of halogens is 4. The molecular formula is C4H6Cl4N3P3. The second-order valence-corrected chi connectivity index (χ2v) is 10.5. The van der Waals surface area contributed by atoms with Crippen molar-refractivity contribution in [3.63, 3.8) is 0 Å². The lowest BCUT2D eigenvalue weighted by molar-refractivity contribution is 1.01. The summed E-state index contributed by atoms with van der Waals surface area (Å²) in [6.45, 7) is 1.73. The number of alkyl halides is 1. The zero-order valence-corrected chi connectivity index (χ0v) is 12.7. The summed E-state index contributed by atoms with van der Waals surface area (Å²) in [4.78, 5) is 3.11. The smallest absolute Gasteiger partial charge is 0.179 e. The van der Waals surface area contributed by atoms with E-state index in [2.05, 4.69) is 16.7 Å². The first-order valence-electron chi connectivity index (χ1n) is 3.32. The summed E-state index contributed by atoms with van der Waals surface area (Å²) < 4.78 is 2.88. The van der Waals surface area contributed by atoms with Crippen molar-refractivity contribution in [2.75, 3.05) is 0 Å². The Morgan fingerprint density at radius 1 is 1.50 bits per heavy atom. The molecule has 10 heteroatoms. The van der Waals surface area contributed by atoms with Crippen LogP contribution in [-0.4, -0.2) is 13.0 Å². The first-order valence-corrected chi connectivity index (χ1v) is 8.90. The highest BCUT2D eigenvalue weighted by atomic mass is 35.7. The Morgan fingerprint density at radius 3 is 2.71 bits per heavy atom. The van der Waals surface area contributed by atoms with Crippen LogP contribution in [0.5, 0.6) is 0 Å². The van der Waals surface area contributed by atoms with Crippen LogP contribution in [-0.2, 0) is 0 Å². The summed E-state index contributed by atoms with van der Waals surface area (Å²) in [5.74, 6) is 5.57. The fourth-order valence-electron chi connectivity index (χ4n) is 0.640. The van der Waals surface area contributed by atoms with E-state index in [9.17, 15) is 0 Å². The van der Waals surface area contributed by atoms with Crippen molar-refractivity contribution < 1.29 is 0 Å². The van der Waals surface area contributed by atoms with Crippen LogP contribution < -0.4 is 4.86 Å². The number of nitrogens with one attached hydrogen (secondary N) is 1. The predicted molar refractivity (Wildman–Crippen MR) is 69.6 cm³/mol. The molecule has 1 aliphatic rings. The Bertz CT molecular complexity index is 258. The van der Waals surface area contributed by atoms with Crippen LogP contribution in [0.3, 0.4) is 0 Å². The minimum absolute atomic E-state index is 0.215. The summed E-state index contributed by atoms with van der Waals surface area (Å²) in [5.41, 5.74) is 0. The van der Waals surface area contributed by atoms with Crippen molar-refractivity contribution in [1.82, 2.24) is 12.8 Å². The second kappa shape index (κ2) is 6.58. The second-order valence-electron chi connectivity index (χ2n) is 2.04. The number of rotatable bonds is 1. The van der Waals surface area contributed by atoms with Crippen LogP contribution >= 0.6 is 71.1 Å². The van der Waals surface area contributed by atoms with Gasteiger partial charge in [-0.2, -0.15) is 0 Å². The molecule has 0 aromatic rings. The topological polar surface area (TPSA) is 18.5 Å². The Balaban J connectivity index is 2.66. The molecule has 80 valence electrons. The molecule has 0 spiro atoms. The fraction of sp³-hybridized carbons (Fsp3) is 0.500. The van der Waals surface area contributed by atoms with Gasteiger partial charge < -0.3 is 0 Å². The molecule has 1 saturated heterocycles. The normalized spacial score (nSPS) is 33.8. The van der Waals surface area contributed by atoms with Gasteiger partial charge in [-0.15, -0.1) is 25.4 Å². The molecule has 1 fully saturated rings. The Morgan fingerprint density at radius 2 is 2.14 bits per heavy atom. The number of nitrogens with zero attached hydrogens (tertiary/aromatic N) is 2. The average Bonchev–Trinajstić information content (AvgIpc) is 2.15. The van der Waals surface area contributed by atoms with E-state index in [0.29, 0.717) is 0 Å². The standard InChI is InChI=1S/C4H6Cl4N3P3/c1-2-3-4(5)13-9-12-10(6)14(8)11(13)7/h4,9,12H,1H3. The van der Waals surface area contributed by atoms with E-state index in [1.165, 1.54) is 7.92 Å². The van der Waals surface area contributed by atoms with Gasteiger partial charge in [0.1, 0.15) is 5.12 Å². The average molecular weight is 331 g/mol. The molecule has 0 amide bonds. The van der Waals surface area contributed by atoms with Crippen LogP contribution in [0, 0.1) is 11.8 Å². The fourth-order valence-corrected chi connectivity index (χ4v) is 9.41. The molecule has 4 atom stereocenters. The van der Waals surface area contributed by atoms with Crippen LogP contribution in [0.15, 0.2) is 0 Å². The number of hydrogen-bond donors (Lipinski definition) is 1. The summed E-state index contributed by atoms with van der Waals surface area (Å²) in [5, 5.41) is -0.339. The third kappa shape index (κ3) is 3.44. The van der Waals surface area contributed by atoms with E-state index in [4.69, 9.17) is 46.4 Å². The molecule has 0 saturated carbocycles. The molecule has 1 rings (SSSR count). The van der Waals surface area contributed by atoms with Gasteiger partial charge in [0.15, 0.2) is 7.58 Å². The van der Waals surface area contributed by atoms with E-state index < -0.39 is 15.8 Å². The zero-order valence-electron chi connectivity index (χ0n) is 6.88. The van der Waals surface area contributed by atoms with Gasteiger partial charge >= 0.3 is 0 Å². The molecule has 3 nitrogen and oxygen atoms in total. The summed E-state index contributed by atoms with van der Waals surface area (Å²) >= 11 is 23.8. The van der Waals surface area contributed by atoms with E-state index in [1.807, 2.05) is 0 Å². The van der Waals surface area contributed by atoms with Crippen molar-refractivity contribution >= 4 is 71.1 Å². The van der Waals surface area contributed by atoms with Gasteiger partial charge in [0.25, 0.3) is 0 Å². The number of hydrogen-bond acceptors (Lipinski definition) is 3. The van der Waals surface area contributed by atoms with Crippen LogP contribution in [0.4, 0.5) is 0 Å². The van der Waals surface area contributed by atoms with Gasteiger partial charge in [0, 0.05) is 8.88 Å². The van der Waals surface area contributed by atoms with Crippen molar-refractivity contribution in [1.29, 1.82) is 0 Å². The first-order chi connectivity index (χ1) is 6.57. The maximum Gasteiger partial charge on any atom is 0.179 e. The highest BCUT2D eigenvalue weighted by molar-refractivity contribution is 7.94. The SMILES string of the molecule is CC#CC(Cl)P1NPN(Cl)P(Cl)N1Cl. The predicted octanol–water partition coefficient (Wildman–Crippen LogP) is 4.38. The molecule has 1 heterocycles. The quantitative estimate of drug-likeness (QED) is 0.333. The van der Waals surface area contributed by atoms with E-state index in [-0.39, 0.29) is 14.0 Å². The summed E-state index contributed by atoms with van der Waals surface area (Å²) in [7, 11) is -1.93. The maximum atomic E-state index is 6.03. The molecule has 4 unspecified atom stereocenters. The summed E-state index contributed by atoms with van der Waals surface area (Å²) in [6.07, 6.45) is 0. The lowest BCUT2D eigenvalue weighted by Crippen LogP contribution is -2.21. The van der Waals surface area contributed by atoms with Crippen molar-refractivity contribution in [2.24, 2.45) is 0 Å². The van der Waals surface area contributed by atoms with Gasteiger partial charge in [-0.1, -0.05) is 17.2 Å². The molecule has 0 aromatic carbocycles. The molecule has 1 N–H and O–H groups in total. The van der Waals surface area contributed by atoms with Gasteiger partial charge in [0.2, 0.25) is 0 Å². The highest BCUT2D eigenvalue weighted by Crippen LogP contribution is 2.71. The lowest BCUT2D eigenvalue weighted by Gasteiger charge is -2.37. The van der Waals surface area contributed by atoms with Crippen molar-refractivity contribution in [3.05, 3.63) is 0 Å². The Hall–Kier alpha value is 1.89. The molecule has 0 radical (unpaired) electrons. The molecule has 14 heavy (non-hydrogen) atoms. The molecule has 1 aliphatic heterocycles. The third-order valence-electron chi connectivity index (χ3n) is 1.19. The minimum atomic E-state index is -1.20.